The molecule has 19 heavy (non-hydrogen) atoms. The number of carbonyl (C=O) groups is 1. The molecule has 0 aliphatic carbocycles. The molecule has 0 saturated heterocycles. The zero-order valence-corrected chi connectivity index (χ0v) is 10.3. The van der Waals surface area contributed by atoms with Crippen molar-refractivity contribution in [2.45, 2.75) is 13.1 Å². The van der Waals surface area contributed by atoms with Gasteiger partial charge in [-0.15, -0.1) is 0 Å². The number of anilines is 1. The molecule has 104 valence electrons. The van der Waals surface area contributed by atoms with E-state index in [2.05, 4.69) is 10.6 Å². The smallest absolute Gasteiger partial charge is 0.416 e. The Kier molecular flexibility index (Phi) is 4.80. The van der Waals surface area contributed by atoms with Crippen LogP contribution >= 0.6 is 0 Å². The Bertz CT molecular complexity index is 484. The summed E-state index contributed by atoms with van der Waals surface area (Å²) in [4.78, 5) is 11.5. The van der Waals surface area contributed by atoms with Gasteiger partial charge in [0.25, 0.3) is 0 Å². The van der Waals surface area contributed by atoms with Crippen molar-refractivity contribution in [3.8, 4) is 0 Å². The highest BCUT2D eigenvalue weighted by Gasteiger charge is 2.30. The molecule has 2 amide bonds. The van der Waals surface area contributed by atoms with E-state index >= 15 is 0 Å². The number of methoxy groups -OCH3 is 1. The van der Waals surface area contributed by atoms with Gasteiger partial charge in [0.2, 0.25) is 0 Å². The number of urea groups is 1. The summed E-state index contributed by atoms with van der Waals surface area (Å²) in [6.45, 7) is 1.64. The molecule has 0 heterocycles. The van der Waals surface area contributed by atoms with Crippen molar-refractivity contribution in [2.75, 3.05) is 12.4 Å². The number of nitrogens with one attached hydrogen (secondary N) is 2. The van der Waals surface area contributed by atoms with Gasteiger partial charge in [-0.3, -0.25) is 5.32 Å². The summed E-state index contributed by atoms with van der Waals surface area (Å²) in [5.41, 5.74) is -0.790. The molecule has 0 fully saturated rings. The Morgan fingerprint density at radius 1 is 1.37 bits per heavy atom. The van der Waals surface area contributed by atoms with Crippen LogP contribution in [0.1, 0.15) is 12.5 Å². The van der Waals surface area contributed by atoms with Crippen LogP contribution in [0.3, 0.4) is 0 Å². The van der Waals surface area contributed by atoms with Crippen LogP contribution in [-0.2, 0) is 10.9 Å². The monoisotopic (exact) mass is 274 g/mol. The third-order valence-electron chi connectivity index (χ3n) is 2.17. The van der Waals surface area contributed by atoms with Gasteiger partial charge in [0.15, 0.2) is 5.88 Å². The van der Waals surface area contributed by atoms with E-state index in [4.69, 9.17) is 4.74 Å². The summed E-state index contributed by atoms with van der Waals surface area (Å²) >= 11 is 0. The van der Waals surface area contributed by atoms with E-state index in [0.717, 1.165) is 12.1 Å². The van der Waals surface area contributed by atoms with Crippen LogP contribution in [0.2, 0.25) is 0 Å². The summed E-state index contributed by atoms with van der Waals surface area (Å²) in [6, 6.07) is 3.66. The van der Waals surface area contributed by atoms with Crippen LogP contribution in [0.15, 0.2) is 36.2 Å². The van der Waals surface area contributed by atoms with Crippen molar-refractivity contribution in [3.63, 3.8) is 0 Å². The Hall–Kier alpha value is -2.18. The molecule has 0 atom stereocenters. The minimum absolute atomic E-state index is 0.0406. The minimum Gasteiger partial charge on any atom is -0.482 e. The normalized spacial score (nSPS) is 11.9. The predicted octanol–water partition coefficient (Wildman–Crippen LogP) is 3.33. The first kappa shape index (κ1) is 14.9. The molecule has 7 heteroatoms. The number of amides is 2. The third-order valence-corrected chi connectivity index (χ3v) is 2.17. The molecule has 0 bridgehead atoms. The van der Waals surface area contributed by atoms with Crippen LogP contribution in [0.4, 0.5) is 23.7 Å². The minimum atomic E-state index is -4.45. The summed E-state index contributed by atoms with van der Waals surface area (Å²) in [7, 11) is 1.36. The van der Waals surface area contributed by atoms with Gasteiger partial charge >= 0.3 is 12.2 Å². The lowest BCUT2D eigenvalue weighted by atomic mass is 10.2. The second kappa shape index (κ2) is 6.12. The molecule has 1 aromatic carbocycles. The number of carbonyl (C=O) groups excluding carboxylic acids is 1. The predicted molar refractivity (Wildman–Crippen MR) is 64.4 cm³/mol. The zero-order valence-electron chi connectivity index (χ0n) is 10.3. The van der Waals surface area contributed by atoms with Gasteiger partial charge in [-0.05, 0) is 31.2 Å². The first-order valence-electron chi connectivity index (χ1n) is 5.32. The van der Waals surface area contributed by atoms with Crippen molar-refractivity contribution in [3.05, 3.63) is 41.8 Å². The third kappa shape index (κ3) is 4.53. The van der Waals surface area contributed by atoms with Crippen molar-refractivity contribution in [2.24, 2.45) is 0 Å². The number of hydrogen-bond donors (Lipinski definition) is 2. The van der Waals surface area contributed by atoms with E-state index in [9.17, 15) is 18.0 Å². The lowest BCUT2D eigenvalue weighted by Gasteiger charge is -2.11. The first-order chi connectivity index (χ1) is 8.86. The number of rotatable bonds is 3. The van der Waals surface area contributed by atoms with Crippen LogP contribution in [0.25, 0.3) is 0 Å². The van der Waals surface area contributed by atoms with E-state index in [1.807, 2.05) is 0 Å². The molecular weight excluding hydrogens is 261 g/mol. The van der Waals surface area contributed by atoms with Crippen molar-refractivity contribution < 1.29 is 22.7 Å². The standard InChI is InChI=1S/C12H13F3N2O2/c1-3-10(19-2)17-11(18)16-9-6-4-5-8(7-9)12(13,14)15/h3-7H,1-2H3,(H2,16,17,18)/b10-3-. The number of benzene rings is 1. The summed E-state index contributed by atoms with van der Waals surface area (Å²) in [5.74, 6) is 0.199. The summed E-state index contributed by atoms with van der Waals surface area (Å²) in [6.07, 6.45) is -2.94. The molecule has 0 saturated carbocycles. The first-order valence-corrected chi connectivity index (χ1v) is 5.32. The maximum Gasteiger partial charge on any atom is 0.416 e. The molecule has 0 radical (unpaired) electrons. The molecule has 1 rings (SSSR count). The highest BCUT2D eigenvalue weighted by molar-refractivity contribution is 5.90. The number of allylic oxidation sites excluding steroid dienone is 1. The second-order valence-electron chi connectivity index (χ2n) is 3.51. The molecule has 4 nitrogen and oxygen atoms in total. The Labute approximate surface area is 108 Å². The van der Waals surface area contributed by atoms with E-state index in [0.29, 0.717) is 0 Å². The largest absolute Gasteiger partial charge is 0.482 e. The summed E-state index contributed by atoms with van der Waals surface area (Å²) < 4.78 is 42.2. The quantitative estimate of drug-likeness (QED) is 0.830. The van der Waals surface area contributed by atoms with Crippen LogP contribution < -0.4 is 10.6 Å². The van der Waals surface area contributed by atoms with Crippen LogP contribution in [0, 0.1) is 0 Å². The van der Waals surface area contributed by atoms with Crippen molar-refractivity contribution in [1.82, 2.24) is 5.32 Å². The molecule has 0 unspecified atom stereocenters. The average Bonchev–Trinajstić information content (AvgIpc) is 2.35. The van der Waals surface area contributed by atoms with Crippen molar-refractivity contribution >= 4 is 11.7 Å². The van der Waals surface area contributed by atoms with Gasteiger partial charge < -0.3 is 10.1 Å². The fourth-order valence-electron chi connectivity index (χ4n) is 1.29. The topological polar surface area (TPSA) is 50.4 Å². The molecule has 0 aliphatic heterocycles. The lowest BCUT2D eigenvalue weighted by molar-refractivity contribution is -0.137. The second-order valence-corrected chi connectivity index (χ2v) is 3.51. The Morgan fingerprint density at radius 3 is 2.58 bits per heavy atom. The maximum atomic E-state index is 12.5. The number of ether oxygens (including phenoxy) is 1. The fourth-order valence-corrected chi connectivity index (χ4v) is 1.29. The SMILES string of the molecule is C/C=C(/NC(=O)Nc1cccc(C(F)(F)F)c1)OC. The van der Waals surface area contributed by atoms with Gasteiger partial charge in [0, 0.05) is 5.69 Å². The van der Waals surface area contributed by atoms with Gasteiger partial charge in [-0.1, -0.05) is 6.07 Å². The number of halogens is 3. The highest BCUT2D eigenvalue weighted by Crippen LogP contribution is 2.30. The van der Waals surface area contributed by atoms with E-state index < -0.39 is 17.8 Å². The van der Waals surface area contributed by atoms with Crippen molar-refractivity contribution in [1.29, 1.82) is 0 Å². The van der Waals surface area contributed by atoms with Gasteiger partial charge in [0.05, 0.1) is 12.7 Å². The van der Waals surface area contributed by atoms with E-state index in [-0.39, 0.29) is 11.6 Å². The highest BCUT2D eigenvalue weighted by atomic mass is 19.4. The molecule has 0 aromatic heterocycles. The zero-order chi connectivity index (χ0) is 14.5. The Balaban J connectivity index is 2.75. The maximum absolute atomic E-state index is 12.5. The van der Waals surface area contributed by atoms with Crippen LogP contribution in [-0.4, -0.2) is 13.1 Å². The lowest BCUT2D eigenvalue weighted by Crippen LogP contribution is -2.28. The Morgan fingerprint density at radius 2 is 2.05 bits per heavy atom. The van der Waals surface area contributed by atoms with E-state index in [1.54, 1.807) is 6.92 Å². The summed E-state index contributed by atoms with van der Waals surface area (Å²) in [5, 5.41) is 4.61. The van der Waals surface area contributed by atoms with E-state index in [1.165, 1.54) is 25.3 Å². The molecule has 1 aromatic rings. The van der Waals surface area contributed by atoms with Crippen LogP contribution in [0.5, 0.6) is 0 Å². The molecule has 0 aliphatic rings. The molecule has 2 N–H and O–H groups in total. The molecular formula is C12H13F3N2O2. The average molecular weight is 274 g/mol. The fraction of sp³-hybridized carbons (Fsp3) is 0.250. The molecule has 0 spiro atoms. The van der Waals surface area contributed by atoms with Gasteiger partial charge in [-0.25, -0.2) is 4.79 Å². The van der Waals surface area contributed by atoms with Gasteiger partial charge in [0.1, 0.15) is 0 Å². The van der Waals surface area contributed by atoms with Gasteiger partial charge in [-0.2, -0.15) is 13.2 Å². The number of alkyl halides is 3. The number of hydrogen-bond acceptors (Lipinski definition) is 2.